The first-order valence-electron chi connectivity index (χ1n) is 7.83. The third kappa shape index (κ3) is 9.42. The van der Waals surface area contributed by atoms with Gasteiger partial charge in [-0.05, 0) is 51.7 Å². The van der Waals surface area contributed by atoms with Crippen molar-refractivity contribution in [1.82, 2.24) is 0 Å². The molecule has 0 atom stereocenters. The van der Waals surface area contributed by atoms with E-state index in [1.165, 1.54) is 0 Å². The lowest BCUT2D eigenvalue weighted by Crippen LogP contribution is -2.32. The van der Waals surface area contributed by atoms with Crippen LogP contribution in [-0.2, 0) is 0 Å². The van der Waals surface area contributed by atoms with E-state index < -0.39 is 0 Å². The van der Waals surface area contributed by atoms with Crippen LogP contribution < -0.4 is 11.5 Å². The summed E-state index contributed by atoms with van der Waals surface area (Å²) in [6.45, 7) is 9.57. The van der Waals surface area contributed by atoms with Crippen molar-refractivity contribution < 1.29 is 0 Å². The van der Waals surface area contributed by atoms with Crippen LogP contribution in [0.3, 0.4) is 0 Å². The molecule has 4 heteroatoms. The van der Waals surface area contributed by atoms with Crippen molar-refractivity contribution in [3.05, 3.63) is 35.4 Å². The molecule has 122 valence electrons. The molecule has 0 radical (unpaired) electrons. The van der Waals surface area contributed by atoms with Crippen LogP contribution in [0.4, 0.5) is 0 Å². The van der Waals surface area contributed by atoms with Crippen LogP contribution in [0.1, 0.15) is 51.7 Å². The Morgan fingerprint density at radius 1 is 0.773 bits per heavy atom. The Morgan fingerprint density at radius 3 is 1.36 bits per heavy atom. The molecule has 0 unspecified atom stereocenters. The van der Waals surface area contributed by atoms with E-state index in [0.29, 0.717) is 0 Å². The second kappa shape index (κ2) is 8.20. The molecule has 1 rings (SSSR count). The molecule has 22 heavy (non-hydrogen) atoms. The first kappa shape index (κ1) is 18.5. The molecule has 1 aromatic carbocycles. The fourth-order valence-electron chi connectivity index (χ4n) is 1.71. The van der Waals surface area contributed by atoms with Gasteiger partial charge >= 0.3 is 0 Å². The molecule has 0 bridgehead atoms. The first-order valence-corrected chi connectivity index (χ1v) is 7.83. The fraction of sp³-hybridized carbons (Fsp3) is 0.556. The smallest absolute Gasteiger partial charge is 0.0406 e. The highest BCUT2D eigenvalue weighted by atomic mass is 14.8. The highest BCUT2D eigenvalue weighted by molar-refractivity contribution is 5.84. The van der Waals surface area contributed by atoms with Crippen LogP contribution >= 0.6 is 0 Å². The predicted molar refractivity (Wildman–Crippen MR) is 97.1 cm³/mol. The maximum atomic E-state index is 5.92. The summed E-state index contributed by atoms with van der Waals surface area (Å²) < 4.78 is 0. The molecule has 0 spiro atoms. The number of aliphatic imine (C=N–C) groups is 2. The summed E-state index contributed by atoms with van der Waals surface area (Å²) in [7, 11) is 0. The number of nitrogens with two attached hydrogens (primary N) is 2. The van der Waals surface area contributed by atoms with Crippen molar-refractivity contribution in [2.24, 2.45) is 21.5 Å². The number of rotatable bonds is 8. The van der Waals surface area contributed by atoms with E-state index in [1.54, 1.807) is 0 Å². The SMILES string of the molecule is CC(C)(N)CCN=Cc1ccc(C=NCCC(C)(C)N)cc1. The molecular formula is C18H30N4. The minimum atomic E-state index is -0.157. The molecule has 0 amide bonds. The molecule has 0 aliphatic rings. The van der Waals surface area contributed by atoms with E-state index in [2.05, 4.69) is 9.98 Å². The van der Waals surface area contributed by atoms with Gasteiger partial charge in [0.2, 0.25) is 0 Å². The number of hydrogen-bond acceptors (Lipinski definition) is 4. The van der Waals surface area contributed by atoms with Gasteiger partial charge in [-0.2, -0.15) is 0 Å². The van der Waals surface area contributed by atoms with Crippen molar-refractivity contribution >= 4 is 12.4 Å². The molecule has 0 fully saturated rings. The standard InChI is InChI=1S/C18H30N4/c1-17(2,19)9-11-21-13-15-5-7-16(8-6-15)14-22-12-10-18(3,4)20/h5-8,13-14H,9-12,19-20H2,1-4H3. The van der Waals surface area contributed by atoms with Crippen LogP contribution in [0.25, 0.3) is 0 Å². The summed E-state index contributed by atoms with van der Waals surface area (Å²) in [6, 6.07) is 8.19. The summed E-state index contributed by atoms with van der Waals surface area (Å²) in [5.41, 5.74) is 13.7. The third-order valence-electron chi connectivity index (χ3n) is 3.19. The molecule has 0 saturated carbocycles. The molecule has 1 aromatic rings. The first-order chi connectivity index (χ1) is 10.2. The van der Waals surface area contributed by atoms with Crippen LogP contribution in [0.5, 0.6) is 0 Å². The van der Waals surface area contributed by atoms with Gasteiger partial charge in [0.25, 0.3) is 0 Å². The van der Waals surface area contributed by atoms with Gasteiger partial charge in [-0.15, -0.1) is 0 Å². The van der Waals surface area contributed by atoms with E-state index in [1.807, 2.05) is 64.4 Å². The van der Waals surface area contributed by atoms with Crippen molar-refractivity contribution in [3.8, 4) is 0 Å². The van der Waals surface area contributed by atoms with Gasteiger partial charge in [0.15, 0.2) is 0 Å². The van der Waals surface area contributed by atoms with Gasteiger partial charge in [0.1, 0.15) is 0 Å². The molecule has 0 heterocycles. The Bertz CT molecular complexity index is 440. The number of hydrogen-bond donors (Lipinski definition) is 2. The van der Waals surface area contributed by atoms with Crippen molar-refractivity contribution in [1.29, 1.82) is 0 Å². The van der Waals surface area contributed by atoms with Crippen LogP contribution in [0.2, 0.25) is 0 Å². The second-order valence-electron chi connectivity index (χ2n) is 7.21. The second-order valence-corrected chi connectivity index (χ2v) is 7.21. The zero-order valence-electron chi connectivity index (χ0n) is 14.3. The molecule has 0 aliphatic carbocycles. The van der Waals surface area contributed by atoms with Gasteiger partial charge < -0.3 is 11.5 Å². The highest BCUT2D eigenvalue weighted by Gasteiger charge is 2.08. The minimum absolute atomic E-state index is 0.157. The zero-order valence-corrected chi connectivity index (χ0v) is 14.3. The highest BCUT2D eigenvalue weighted by Crippen LogP contribution is 2.05. The summed E-state index contributed by atoms with van der Waals surface area (Å²) in [6.07, 6.45) is 5.55. The van der Waals surface area contributed by atoms with Gasteiger partial charge in [-0.3, -0.25) is 9.98 Å². The summed E-state index contributed by atoms with van der Waals surface area (Å²) in [5, 5.41) is 0. The van der Waals surface area contributed by atoms with Gasteiger partial charge in [0.05, 0.1) is 0 Å². The van der Waals surface area contributed by atoms with Crippen LogP contribution in [-0.4, -0.2) is 36.6 Å². The maximum Gasteiger partial charge on any atom is 0.0406 e. The van der Waals surface area contributed by atoms with Crippen molar-refractivity contribution in [2.45, 2.75) is 51.6 Å². The predicted octanol–water partition coefficient (Wildman–Crippen LogP) is 2.78. The Kier molecular flexibility index (Phi) is 6.91. The lowest BCUT2D eigenvalue weighted by Gasteiger charge is -2.16. The molecule has 4 N–H and O–H groups in total. The maximum absolute atomic E-state index is 5.92. The lowest BCUT2D eigenvalue weighted by atomic mass is 10.0. The molecular weight excluding hydrogens is 272 g/mol. The number of benzene rings is 1. The van der Waals surface area contributed by atoms with E-state index in [4.69, 9.17) is 11.5 Å². The topological polar surface area (TPSA) is 76.8 Å². The Hall–Kier alpha value is -1.52. The van der Waals surface area contributed by atoms with E-state index in [-0.39, 0.29) is 11.1 Å². The van der Waals surface area contributed by atoms with E-state index in [0.717, 1.165) is 37.1 Å². The minimum Gasteiger partial charge on any atom is -0.325 e. The lowest BCUT2D eigenvalue weighted by molar-refractivity contribution is 0.484. The van der Waals surface area contributed by atoms with Crippen LogP contribution in [0.15, 0.2) is 34.3 Å². The summed E-state index contributed by atoms with van der Waals surface area (Å²) in [5.74, 6) is 0. The monoisotopic (exact) mass is 302 g/mol. The Balaban J connectivity index is 2.43. The third-order valence-corrected chi connectivity index (χ3v) is 3.19. The van der Waals surface area contributed by atoms with Crippen molar-refractivity contribution in [2.75, 3.05) is 13.1 Å². The molecule has 0 aromatic heterocycles. The van der Waals surface area contributed by atoms with E-state index >= 15 is 0 Å². The van der Waals surface area contributed by atoms with E-state index in [9.17, 15) is 0 Å². The summed E-state index contributed by atoms with van der Waals surface area (Å²) >= 11 is 0. The van der Waals surface area contributed by atoms with Crippen molar-refractivity contribution in [3.63, 3.8) is 0 Å². The van der Waals surface area contributed by atoms with Gasteiger partial charge in [-0.1, -0.05) is 24.3 Å². The quantitative estimate of drug-likeness (QED) is 0.724. The van der Waals surface area contributed by atoms with Gasteiger partial charge in [0, 0.05) is 36.6 Å². The molecule has 0 saturated heterocycles. The average molecular weight is 302 g/mol. The summed E-state index contributed by atoms with van der Waals surface area (Å²) in [4.78, 5) is 8.81. The average Bonchev–Trinajstić information content (AvgIpc) is 2.39. The number of nitrogens with zero attached hydrogens (tertiary/aromatic N) is 2. The Labute approximate surface area is 134 Å². The molecule has 4 nitrogen and oxygen atoms in total. The largest absolute Gasteiger partial charge is 0.325 e. The fourth-order valence-corrected chi connectivity index (χ4v) is 1.71. The molecule has 0 aliphatic heterocycles. The van der Waals surface area contributed by atoms with Crippen LogP contribution in [0, 0.1) is 0 Å². The Morgan fingerprint density at radius 2 is 1.09 bits per heavy atom. The normalized spacial score (nSPS) is 13.4. The zero-order chi connectivity index (χ0) is 16.6. The van der Waals surface area contributed by atoms with Gasteiger partial charge in [-0.25, -0.2) is 0 Å².